The van der Waals surface area contributed by atoms with Crippen LogP contribution in [-0.2, 0) is 4.79 Å². The summed E-state index contributed by atoms with van der Waals surface area (Å²) < 4.78 is 0. The lowest BCUT2D eigenvalue weighted by molar-refractivity contribution is -0.0979. The zero-order chi connectivity index (χ0) is 14.0. The van der Waals surface area contributed by atoms with Gasteiger partial charge in [0.05, 0.1) is 13.3 Å². The monoisotopic (exact) mass is 258 g/mol. The molecule has 5 heteroatoms. The van der Waals surface area contributed by atoms with Crippen molar-refractivity contribution < 1.29 is 4.79 Å². The van der Waals surface area contributed by atoms with Gasteiger partial charge in [-0.25, -0.2) is 0 Å². The van der Waals surface area contributed by atoms with E-state index in [4.69, 9.17) is 4.79 Å². The largest absolute Gasteiger partial charge is 0.307 e. The lowest BCUT2D eigenvalue weighted by Crippen LogP contribution is -2.40. The van der Waals surface area contributed by atoms with E-state index in [0.29, 0.717) is 0 Å². The van der Waals surface area contributed by atoms with E-state index in [0.717, 1.165) is 13.3 Å². The first kappa shape index (κ1) is 17.5. The molecule has 0 aliphatic carbocycles. The van der Waals surface area contributed by atoms with Gasteiger partial charge in [-0.1, -0.05) is 0 Å². The van der Waals surface area contributed by atoms with E-state index in [2.05, 4.69) is 47.8 Å². The highest BCUT2D eigenvalue weighted by Crippen LogP contribution is 1.99. The van der Waals surface area contributed by atoms with Crippen molar-refractivity contribution in [3.05, 3.63) is 0 Å². The van der Waals surface area contributed by atoms with E-state index in [1.54, 1.807) is 0 Å². The second kappa shape index (κ2) is 10.4. The molecule has 2 saturated heterocycles. The lowest BCUT2D eigenvalue weighted by atomic mass is 10.3. The Morgan fingerprint density at radius 1 is 0.611 bits per heavy atom. The van der Waals surface area contributed by atoms with E-state index < -0.39 is 0 Å². The van der Waals surface area contributed by atoms with Crippen molar-refractivity contribution >= 4 is 6.79 Å². The fraction of sp³-hybridized carbons (Fsp3) is 0.923. The van der Waals surface area contributed by atoms with Gasteiger partial charge in [0.15, 0.2) is 0 Å². The number of carbonyl (C=O) groups excluding carboxylic acids is 1. The van der Waals surface area contributed by atoms with E-state index in [1.807, 2.05) is 6.79 Å². The first-order chi connectivity index (χ1) is 8.58. The quantitative estimate of drug-likeness (QED) is 0.621. The third kappa shape index (κ3) is 8.58. The third-order valence-corrected chi connectivity index (χ3v) is 3.13. The van der Waals surface area contributed by atoms with Crippen LogP contribution in [0.4, 0.5) is 0 Å². The molecule has 0 aromatic rings. The van der Waals surface area contributed by atoms with Crippen molar-refractivity contribution in [3.8, 4) is 0 Å². The normalized spacial score (nSPS) is 23.6. The third-order valence-electron chi connectivity index (χ3n) is 3.13. The van der Waals surface area contributed by atoms with Crippen molar-refractivity contribution in [1.29, 1.82) is 0 Å². The highest BCUT2D eigenvalue weighted by atomic mass is 16.1. The summed E-state index contributed by atoms with van der Waals surface area (Å²) in [7, 11) is 8.65. The van der Waals surface area contributed by atoms with Crippen molar-refractivity contribution in [3.63, 3.8) is 0 Å². The summed E-state index contributed by atoms with van der Waals surface area (Å²) in [6, 6.07) is 0. The van der Waals surface area contributed by atoms with Crippen molar-refractivity contribution in [2.75, 3.05) is 67.7 Å². The van der Waals surface area contributed by atoms with Gasteiger partial charge >= 0.3 is 0 Å². The van der Waals surface area contributed by atoms with E-state index in [1.165, 1.54) is 39.0 Å². The molecular formula is C13H30N4O. The van der Waals surface area contributed by atoms with Crippen LogP contribution in [-0.4, -0.2) is 94.1 Å². The summed E-state index contributed by atoms with van der Waals surface area (Å²) >= 11 is 0. The average molecular weight is 258 g/mol. The number of hydrogen-bond donors (Lipinski definition) is 0. The highest BCUT2D eigenvalue weighted by Gasteiger charge is 2.08. The molecule has 2 fully saturated rings. The van der Waals surface area contributed by atoms with E-state index in [9.17, 15) is 0 Å². The van der Waals surface area contributed by atoms with Gasteiger partial charge < -0.3 is 4.79 Å². The minimum Gasteiger partial charge on any atom is -0.307 e. The smallest absolute Gasteiger partial charge is 0.106 e. The number of rotatable bonds is 0. The van der Waals surface area contributed by atoms with Crippen LogP contribution in [0, 0.1) is 0 Å². The SMILES string of the molecule is C=O.CN1CCCN(C)C1.CN1CCCN(C)C1. The predicted molar refractivity (Wildman–Crippen MR) is 76.6 cm³/mol. The van der Waals surface area contributed by atoms with Gasteiger partial charge in [0.2, 0.25) is 0 Å². The summed E-state index contributed by atoms with van der Waals surface area (Å²) in [6.45, 7) is 9.35. The molecule has 0 aromatic heterocycles. The van der Waals surface area contributed by atoms with Gasteiger partial charge in [-0.15, -0.1) is 0 Å². The standard InChI is InChI=1S/2C6H14N2.CH2O/c2*1-7-4-3-5-8(2)6-7;1-2/h2*3-6H2,1-2H3;1H2. The summed E-state index contributed by atoms with van der Waals surface area (Å²) in [5, 5.41) is 0. The maximum absolute atomic E-state index is 8.00. The summed E-state index contributed by atoms with van der Waals surface area (Å²) in [5.41, 5.74) is 0. The van der Waals surface area contributed by atoms with Crippen molar-refractivity contribution in [2.24, 2.45) is 0 Å². The molecule has 2 aliphatic rings. The van der Waals surface area contributed by atoms with Crippen LogP contribution in [0.5, 0.6) is 0 Å². The van der Waals surface area contributed by atoms with Gasteiger partial charge in [0, 0.05) is 26.2 Å². The summed E-state index contributed by atoms with van der Waals surface area (Å²) in [6.07, 6.45) is 2.65. The zero-order valence-electron chi connectivity index (χ0n) is 12.6. The van der Waals surface area contributed by atoms with Crippen LogP contribution >= 0.6 is 0 Å². The molecule has 2 heterocycles. The van der Waals surface area contributed by atoms with Crippen molar-refractivity contribution in [1.82, 2.24) is 19.6 Å². The fourth-order valence-electron chi connectivity index (χ4n) is 2.33. The molecule has 0 saturated carbocycles. The molecule has 2 aliphatic heterocycles. The van der Waals surface area contributed by atoms with Gasteiger partial charge in [-0.05, 0) is 41.0 Å². The molecule has 0 aromatic carbocycles. The Balaban J connectivity index is 0.000000283. The first-order valence-electron chi connectivity index (χ1n) is 6.61. The maximum Gasteiger partial charge on any atom is 0.106 e. The van der Waals surface area contributed by atoms with Gasteiger partial charge in [-0.3, -0.25) is 19.6 Å². The maximum atomic E-state index is 8.00. The molecular weight excluding hydrogens is 228 g/mol. The minimum absolute atomic E-state index is 1.14. The molecule has 5 nitrogen and oxygen atoms in total. The molecule has 0 atom stereocenters. The Hall–Kier alpha value is -0.490. The highest BCUT2D eigenvalue weighted by molar-refractivity contribution is 5.10. The second-order valence-electron chi connectivity index (χ2n) is 5.31. The number of nitrogens with zero attached hydrogens (tertiary/aromatic N) is 4. The Bertz CT molecular complexity index is 167. The minimum atomic E-state index is 1.14. The Morgan fingerprint density at radius 2 is 0.833 bits per heavy atom. The Kier molecular flexibility index (Phi) is 10.2. The zero-order valence-corrected chi connectivity index (χ0v) is 12.6. The van der Waals surface area contributed by atoms with Crippen LogP contribution in [0.25, 0.3) is 0 Å². The van der Waals surface area contributed by atoms with Gasteiger partial charge in [-0.2, -0.15) is 0 Å². The van der Waals surface area contributed by atoms with E-state index >= 15 is 0 Å². The Labute approximate surface area is 112 Å². The summed E-state index contributed by atoms with van der Waals surface area (Å²) in [4.78, 5) is 17.3. The van der Waals surface area contributed by atoms with E-state index in [-0.39, 0.29) is 0 Å². The van der Waals surface area contributed by atoms with Crippen LogP contribution in [0.3, 0.4) is 0 Å². The average Bonchev–Trinajstić information content (AvgIpc) is 2.31. The van der Waals surface area contributed by atoms with Crippen molar-refractivity contribution in [2.45, 2.75) is 12.8 Å². The molecule has 18 heavy (non-hydrogen) atoms. The molecule has 2 rings (SSSR count). The molecule has 0 spiro atoms. The molecule has 0 bridgehead atoms. The van der Waals surface area contributed by atoms with Gasteiger partial charge in [0.1, 0.15) is 6.79 Å². The molecule has 0 amide bonds. The second-order valence-corrected chi connectivity index (χ2v) is 5.31. The lowest BCUT2D eigenvalue weighted by Gasteiger charge is -2.29. The fourth-order valence-corrected chi connectivity index (χ4v) is 2.33. The Morgan fingerprint density at radius 3 is 0.944 bits per heavy atom. The molecule has 108 valence electrons. The number of hydrogen-bond acceptors (Lipinski definition) is 5. The summed E-state index contributed by atoms with van der Waals surface area (Å²) in [5.74, 6) is 0. The first-order valence-corrected chi connectivity index (χ1v) is 6.61. The topological polar surface area (TPSA) is 30.0 Å². The number of carbonyl (C=O) groups is 1. The van der Waals surface area contributed by atoms with Crippen LogP contribution < -0.4 is 0 Å². The molecule has 0 N–H and O–H groups in total. The van der Waals surface area contributed by atoms with Crippen LogP contribution in [0.15, 0.2) is 0 Å². The predicted octanol–water partition coefficient (Wildman–Crippen LogP) is 0.238. The van der Waals surface area contributed by atoms with Crippen LogP contribution in [0.1, 0.15) is 12.8 Å². The molecule has 0 unspecified atom stereocenters. The van der Waals surface area contributed by atoms with Crippen LogP contribution in [0.2, 0.25) is 0 Å². The van der Waals surface area contributed by atoms with Gasteiger partial charge in [0.25, 0.3) is 0 Å². The molecule has 0 radical (unpaired) electrons.